The maximum Gasteiger partial charge on any atom is 0.251 e. The molecular formula is C25H31NO4. The van der Waals surface area contributed by atoms with Crippen LogP contribution in [0, 0.1) is 5.92 Å². The summed E-state index contributed by atoms with van der Waals surface area (Å²) in [7, 11) is 3.30. The maximum absolute atomic E-state index is 13.0. The lowest BCUT2D eigenvalue weighted by Crippen LogP contribution is -2.41. The molecule has 0 aromatic heterocycles. The largest absolute Gasteiger partial charge is 0.493 e. The molecule has 0 radical (unpaired) electrons. The van der Waals surface area contributed by atoms with E-state index < -0.39 is 0 Å². The van der Waals surface area contributed by atoms with Gasteiger partial charge in [-0.2, -0.15) is 0 Å². The van der Waals surface area contributed by atoms with Crippen LogP contribution in [0.4, 0.5) is 0 Å². The summed E-state index contributed by atoms with van der Waals surface area (Å²) in [4.78, 5) is 13.0. The molecule has 5 nitrogen and oxygen atoms in total. The Kier molecular flexibility index (Phi) is 6.46. The number of benzene rings is 2. The van der Waals surface area contributed by atoms with Crippen molar-refractivity contribution in [3.8, 4) is 17.2 Å². The lowest BCUT2D eigenvalue weighted by molar-refractivity contribution is 0.0920. The van der Waals surface area contributed by atoms with Gasteiger partial charge in [0.05, 0.1) is 20.8 Å². The molecule has 0 aliphatic heterocycles. The molecule has 0 spiro atoms. The number of methoxy groups -OCH3 is 2. The Hall–Kier alpha value is -2.69. The van der Waals surface area contributed by atoms with Gasteiger partial charge < -0.3 is 19.5 Å². The molecule has 5 heteroatoms. The van der Waals surface area contributed by atoms with Gasteiger partial charge in [-0.05, 0) is 67.5 Å². The second kappa shape index (κ2) is 9.41. The van der Waals surface area contributed by atoms with E-state index in [1.54, 1.807) is 14.2 Å². The summed E-state index contributed by atoms with van der Waals surface area (Å²) in [6.45, 7) is 0.745. The van der Waals surface area contributed by atoms with E-state index in [9.17, 15) is 4.79 Å². The fraction of sp³-hybridized carbons (Fsp3) is 0.480. The third-order valence-corrected chi connectivity index (χ3v) is 6.20. The van der Waals surface area contributed by atoms with E-state index >= 15 is 0 Å². The molecule has 2 aromatic rings. The van der Waals surface area contributed by atoms with Gasteiger partial charge in [-0.3, -0.25) is 4.79 Å². The number of carbonyl (C=O) groups excluding carboxylic acids is 1. The van der Waals surface area contributed by atoms with Crippen LogP contribution in [0.5, 0.6) is 17.2 Å². The highest BCUT2D eigenvalue weighted by Crippen LogP contribution is 2.37. The van der Waals surface area contributed by atoms with Crippen LogP contribution in [0.1, 0.15) is 60.4 Å². The molecule has 2 aliphatic rings. The smallest absolute Gasteiger partial charge is 0.251 e. The number of carbonyl (C=O) groups is 1. The molecule has 0 saturated heterocycles. The van der Waals surface area contributed by atoms with Crippen molar-refractivity contribution in [2.45, 2.75) is 50.5 Å². The van der Waals surface area contributed by atoms with Gasteiger partial charge in [0, 0.05) is 17.5 Å². The first-order chi connectivity index (χ1) is 14.7. The third-order valence-electron chi connectivity index (χ3n) is 6.20. The van der Waals surface area contributed by atoms with E-state index in [-0.39, 0.29) is 17.9 Å². The summed E-state index contributed by atoms with van der Waals surface area (Å²) in [5.74, 6) is 3.13. The Balaban J connectivity index is 1.46. The Morgan fingerprint density at radius 1 is 0.967 bits per heavy atom. The first-order valence-electron chi connectivity index (χ1n) is 10.9. The standard InChI is InChI=1S/C25H31NO4/c1-28-23-13-12-18(15-24(23)29-2)21-8-3-4-9-22(21)26-25(27)19-6-5-7-20(14-19)30-16-17-10-11-17/h5-7,12-15,17,21-22H,3-4,8-11,16H2,1-2H3,(H,26,27)/t21-,22-/m1/s1. The van der Waals surface area contributed by atoms with Gasteiger partial charge >= 0.3 is 0 Å². The summed E-state index contributed by atoms with van der Waals surface area (Å²) in [5.41, 5.74) is 1.83. The van der Waals surface area contributed by atoms with Crippen LogP contribution in [0.25, 0.3) is 0 Å². The fourth-order valence-corrected chi connectivity index (χ4v) is 4.26. The molecule has 0 bridgehead atoms. The fourth-order valence-electron chi connectivity index (χ4n) is 4.26. The summed E-state index contributed by atoms with van der Waals surface area (Å²) < 4.78 is 16.7. The molecule has 0 unspecified atom stereocenters. The van der Waals surface area contributed by atoms with Crippen molar-refractivity contribution >= 4 is 5.91 Å². The Morgan fingerprint density at radius 2 is 1.77 bits per heavy atom. The highest BCUT2D eigenvalue weighted by Gasteiger charge is 2.29. The highest BCUT2D eigenvalue weighted by atomic mass is 16.5. The predicted molar refractivity (Wildman–Crippen MR) is 117 cm³/mol. The molecule has 2 saturated carbocycles. The van der Waals surface area contributed by atoms with E-state index in [0.29, 0.717) is 11.5 Å². The molecular weight excluding hydrogens is 378 g/mol. The molecule has 2 atom stereocenters. The van der Waals surface area contributed by atoms with Crippen LogP contribution in [-0.4, -0.2) is 32.8 Å². The number of rotatable bonds is 8. The van der Waals surface area contributed by atoms with E-state index in [0.717, 1.165) is 49.5 Å². The topological polar surface area (TPSA) is 56.8 Å². The first-order valence-corrected chi connectivity index (χ1v) is 10.9. The Bertz CT molecular complexity index is 877. The van der Waals surface area contributed by atoms with Crippen molar-refractivity contribution in [3.63, 3.8) is 0 Å². The number of amides is 1. The van der Waals surface area contributed by atoms with Crippen LogP contribution < -0.4 is 19.5 Å². The molecule has 4 rings (SSSR count). The summed E-state index contributed by atoms with van der Waals surface area (Å²) >= 11 is 0. The Morgan fingerprint density at radius 3 is 2.53 bits per heavy atom. The second-order valence-electron chi connectivity index (χ2n) is 8.37. The maximum atomic E-state index is 13.0. The Labute approximate surface area is 178 Å². The lowest BCUT2D eigenvalue weighted by Gasteiger charge is -2.33. The lowest BCUT2D eigenvalue weighted by atomic mass is 9.79. The molecule has 1 N–H and O–H groups in total. The zero-order chi connectivity index (χ0) is 20.9. The molecule has 160 valence electrons. The van der Waals surface area contributed by atoms with E-state index in [1.165, 1.54) is 18.4 Å². The predicted octanol–water partition coefficient (Wildman–Crippen LogP) is 4.95. The SMILES string of the molecule is COc1ccc([C@H]2CCCC[C@H]2NC(=O)c2cccc(OCC3CC3)c2)cc1OC. The molecule has 2 fully saturated rings. The van der Waals surface area contributed by atoms with Crippen molar-refractivity contribution in [2.75, 3.05) is 20.8 Å². The minimum Gasteiger partial charge on any atom is -0.493 e. The van der Waals surface area contributed by atoms with E-state index in [2.05, 4.69) is 11.4 Å². The van der Waals surface area contributed by atoms with Crippen molar-refractivity contribution in [2.24, 2.45) is 5.92 Å². The number of hydrogen-bond donors (Lipinski definition) is 1. The minimum atomic E-state index is -0.0377. The highest BCUT2D eigenvalue weighted by molar-refractivity contribution is 5.94. The molecule has 2 aromatic carbocycles. The van der Waals surface area contributed by atoms with Crippen molar-refractivity contribution in [1.82, 2.24) is 5.32 Å². The van der Waals surface area contributed by atoms with Gasteiger partial charge in [-0.25, -0.2) is 0 Å². The average molecular weight is 410 g/mol. The summed E-state index contributed by atoms with van der Waals surface area (Å²) in [6.07, 6.45) is 6.81. The monoisotopic (exact) mass is 409 g/mol. The average Bonchev–Trinajstić information content (AvgIpc) is 3.62. The van der Waals surface area contributed by atoms with Crippen LogP contribution in [0.2, 0.25) is 0 Å². The van der Waals surface area contributed by atoms with Gasteiger partial charge in [0.25, 0.3) is 5.91 Å². The van der Waals surface area contributed by atoms with Crippen LogP contribution in [-0.2, 0) is 0 Å². The summed E-state index contributed by atoms with van der Waals surface area (Å²) in [5, 5.41) is 3.29. The van der Waals surface area contributed by atoms with Gasteiger partial charge in [-0.1, -0.05) is 25.0 Å². The summed E-state index contributed by atoms with van der Waals surface area (Å²) in [6, 6.07) is 13.7. The minimum absolute atomic E-state index is 0.0377. The first kappa shape index (κ1) is 20.6. The second-order valence-corrected chi connectivity index (χ2v) is 8.37. The number of nitrogens with one attached hydrogen (secondary N) is 1. The normalized spacial score (nSPS) is 21.0. The zero-order valence-electron chi connectivity index (χ0n) is 17.9. The molecule has 2 aliphatic carbocycles. The zero-order valence-corrected chi connectivity index (χ0v) is 17.9. The van der Waals surface area contributed by atoms with Crippen LogP contribution in [0.3, 0.4) is 0 Å². The molecule has 30 heavy (non-hydrogen) atoms. The van der Waals surface area contributed by atoms with Crippen LogP contribution >= 0.6 is 0 Å². The van der Waals surface area contributed by atoms with Crippen molar-refractivity contribution in [1.29, 1.82) is 0 Å². The quantitative estimate of drug-likeness (QED) is 0.670. The number of ether oxygens (including phenoxy) is 3. The van der Waals surface area contributed by atoms with Gasteiger partial charge in [0.15, 0.2) is 11.5 Å². The van der Waals surface area contributed by atoms with Gasteiger partial charge in [0.1, 0.15) is 5.75 Å². The third kappa shape index (κ3) is 4.89. The van der Waals surface area contributed by atoms with Gasteiger partial charge in [-0.15, -0.1) is 0 Å². The van der Waals surface area contributed by atoms with E-state index in [4.69, 9.17) is 14.2 Å². The molecule has 0 heterocycles. The van der Waals surface area contributed by atoms with Gasteiger partial charge in [0.2, 0.25) is 0 Å². The van der Waals surface area contributed by atoms with Crippen molar-refractivity contribution < 1.29 is 19.0 Å². The molecule has 1 amide bonds. The van der Waals surface area contributed by atoms with Crippen LogP contribution in [0.15, 0.2) is 42.5 Å². The van der Waals surface area contributed by atoms with E-state index in [1.807, 2.05) is 36.4 Å². The number of hydrogen-bond acceptors (Lipinski definition) is 4. The van der Waals surface area contributed by atoms with Crippen molar-refractivity contribution in [3.05, 3.63) is 53.6 Å².